The molecule has 1 aromatic carbocycles. The molecule has 298 valence electrons. The summed E-state index contributed by atoms with van der Waals surface area (Å²) < 4.78 is 10.3. The van der Waals surface area contributed by atoms with E-state index in [-0.39, 0.29) is 45.3 Å². The van der Waals surface area contributed by atoms with Gasteiger partial charge in [0.15, 0.2) is 6.29 Å². The predicted octanol–water partition coefficient (Wildman–Crippen LogP) is 9.83. The van der Waals surface area contributed by atoms with Crippen LogP contribution in [0.2, 0.25) is 5.02 Å². The molecule has 55 heavy (non-hydrogen) atoms. The zero-order valence-corrected chi connectivity index (χ0v) is 35.4. The van der Waals surface area contributed by atoms with Gasteiger partial charge >= 0.3 is 11.5 Å². The molecule has 0 amide bonds. The fraction of sp³-hybridized carbons (Fsp3) is 0.717. The second-order valence-corrected chi connectivity index (χ2v) is 21.0. The number of ether oxygens (including phenoxy) is 1. The lowest BCUT2D eigenvalue weighted by atomic mass is 9.30. The van der Waals surface area contributed by atoms with Gasteiger partial charge in [-0.3, -0.25) is 14.3 Å². The Kier molecular flexibility index (Phi) is 8.91. The Labute approximate surface area is 332 Å². The van der Waals surface area contributed by atoms with Gasteiger partial charge in [-0.2, -0.15) is 0 Å². The number of carbonyl (C=O) groups is 1. The molecule has 0 saturated heterocycles. The van der Waals surface area contributed by atoms with E-state index >= 15 is 0 Å². The summed E-state index contributed by atoms with van der Waals surface area (Å²) in [6.45, 7) is 18.1. The number of hydrogen-bond donors (Lipinski definition) is 2. The Balaban J connectivity index is 1.10. The molecule has 0 bridgehead atoms. The number of hydrogen-bond acceptors (Lipinski definition) is 4. The van der Waals surface area contributed by atoms with Crippen LogP contribution in [0.15, 0.2) is 46.3 Å². The van der Waals surface area contributed by atoms with E-state index in [9.17, 15) is 19.8 Å². The van der Waals surface area contributed by atoms with Crippen molar-refractivity contribution >= 4 is 17.6 Å². The molecule has 10 atom stereocenters. The van der Waals surface area contributed by atoms with Crippen molar-refractivity contribution in [3.05, 3.63) is 67.4 Å². The zero-order valence-electron chi connectivity index (χ0n) is 34.6. The van der Waals surface area contributed by atoms with Crippen LogP contribution in [-0.2, 0) is 23.0 Å². The lowest BCUT2D eigenvalue weighted by Gasteiger charge is -2.71. The van der Waals surface area contributed by atoms with Crippen molar-refractivity contribution in [3.8, 4) is 11.8 Å². The number of carboxylic acid groups (broad SMARTS) is 1. The predicted molar refractivity (Wildman–Crippen MR) is 216 cm³/mol. The highest BCUT2D eigenvalue weighted by Crippen LogP contribution is 2.79. The Hall–Kier alpha value is -2.86. The van der Waals surface area contributed by atoms with Crippen LogP contribution in [0.3, 0.4) is 0 Å². The lowest BCUT2D eigenvalue weighted by molar-refractivity contribution is -0.253. The summed E-state index contributed by atoms with van der Waals surface area (Å²) in [5.74, 6) is 0.551. The number of aromatic nitrogens is 2. The number of halogens is 1. The number of fused-ring (bicyclic) bond motifs is 6. The molecule has 1 aromatic heterocycles. The third kappa shape index (κ3) is 5.20. The third-order valence-electron chi connectivity index (χ3n) is 17.6. The van der Waals surface area contributed by atoms with Crippen molar-refractivity contribution in [2.75, 3.05) is 0 Å². The fourth-order valence-electron chi connectivity index (χ4n) is 14.2. The van der Waals surface area contributed by atoms with Crippen LogP contribution in [0, 0.1) is 56.3 Å². The average Bonchev–Trinajstić information content (AvgIpc) is 3.62. The van der Waals surface area contributed by atoms with Crippen molar-refractivity contribution in [2.45, 2.75) is 150 Å². The summed E-state index contributed by atoms with van der Waals surface area (Å²) in [6, 6.07) is 12.9. The second kappa shape index (κ2) is 12.6. The lowest BCUT2D eigenvalue weighted by Crippen LogP contribution is -2.75. The standard InChI is InChI=1S/C46H62ClN3O5/c1-28(2)32-16-19-45(25-31-24-36(51)50(49(31)9)30-12-10-29(47)11-13-30)22-20-41(5)33(38(32)45)14-15-34-42(41,6)21-23-46-43(34,7)18-17-35(44(46,8)27-48-46)55-37(52)26-40(3,4)39(53)54/h10-13,24,28,33-35,37,52H,14-23,25-26H2,1-9H3/p+1/t33-,34+,35?,37?,41-,42?,43-,44-,45-,46+/m1/s1. The highest BCUT2D eigenvalue weighted by atomic mass is 35.5. The van der Waals surface area contributed by atoms with Crippen LogP contribution in [0.5, 0.6) is 0 Å². The first-order chi connectivity index (χ1) is 25.7. The smallest absolute Gasteiger partial charge is 0.311 e. The minimum absolute atomic E-state index is 0.00325. The molecule has 4 fully saturated rings. The van der Waals surface area contributed by atoms with E-state index < -0.39 is 23.1 Å². The third-order valence-corrected chi connectivity index (χ3v) is 17.8. The molecule has 8 rings (SSSR count). The average molecular weight is 773 g/mol. The number of aliphatic hydroxyl groups excluding tert-OH is 1. The molecule has 9 heteroatoms. The molecule has 2 aromatic rings. The fourth-order valence-corrected chi connectivity index (χ4v) is 14.3. The van der Waals surface area contributed by atoms with Crippen molar-refractivity contribution < 1.29 is 19.7 Å². The maximum atomic E-state index is 13.5. The summed E-state index contributed by atoms with van der Waals surface area (Å²) in [5.41, 5.74) is 3.79. The summed E-state index contributed by atoms with van der Waals surface area (Å²) in [6.07, 6.45) is 10.3. The Morgan fingerprint density at radius 1 is 1.00 bits per heavy atom. The monoisotopic (exact) mass is 772 g/mol. The van der Waals surface area contributed by atoms with Crippen LogP contribution < -0.4 is 5.56 Å². The zero-order chi connectivity index (χ0) is 39.7. The first-order valence-electron chi connectivity index (χ1n) is 21.0. The van der Waals surface area contributed by atoms with E-state index in [1.165, 1.54) is 12.8 Å². The summed E-state index contributed by atoms with van der Waals surface area (Å²) in [5, 5.41) is 21.4. The van der Waals surface area contributed by atoms with Crippen LogP contribution in [0.4, 0.5) is 0 Å². The van der Waals surface area contributed by atoms with Gasteiger partial charge in [-0.05, 0) is 143 Å². The van der Waals surface area contributed by atoms with Crippen LogP contribution in [-0.4, -0.2) is 43.5 Å². The first-order valence-corrected chi connectivity index (χ1v) is 21.4. The van der Waals surface area contributed by atoms with Gasteiger partial charge in [-0.15, -0.1) is 0 Å². The quantitative estimate of drug-likeness (QED) is 0.195. The molecule has 8 nitrogen and oxygen atoms in total. The van der Waals surface area contributed by atoms with Crippen molar-refractivity contribution in [1.29, 1.82) is 0 Å². The van der Waals surface area contributed by atoms with Crippen molar-refractivity contribution in [3.63, 3.8) is 0 Å². The molecule has 5 aliphatic carbocycles. The van der Waals surface area contributed by atoms with Gasteiger partial charge in [0.05, 0.1) is 22.6 Å². The van der Waals surface area contributed by atoms with Gasteiger partial charge < -0.3 is 14.9 Å². The van der Waals surface area contributed by atoms with E-state index in [1.54, 1.807) is 29.7 Å². The SMILES string of the molecule is CC(C)C1=C2[C@H]3CC[C@H]4C(C)(CC[C@@]56[N+]#C[C@]5(C)C(OC(O)CC(C)(C)C(=O)O)CC[C@]46C)[C@]3(C)CC[C@@]2(Cc2cc(=O)n(-c3ccc(Cl)cc3)n2C)CC1. The summed E-state index contributed by atoms with van der Waals surface area (Å²) in [4.78, 5) is 30.6. The number of aliphatic hydroxyl groups is 1. The van der Waals surface area contributed by atoms with E-state index in [4.69, 9.17) is 21.2 Å². The Bertz CT molecular complexity index is 2070. The van der Waals surface area contributed by atoms with E-state index in [0.717, 1.165) is 69.2 Å². The molecule has 4 saturated carbocycles. The molecule has 2 N–H and O–H groups in total. The van der Waals surface area contributed by atoms with E-state index in [1.807, 2.05) is 37.4 Å². The molecule has 6 aliphatic rings. The van der Waals surface area contributed by atoms with Gasteiger partial charge in [0, 0.05) is 36.7 Å². The first kappa shape index (κ1) is 39.0. The van der Waals surface area contributed by atoms with Gasteiger partial charge in [-0.25, -0.2) is 4.68 Å². The Morgan fingerprint density at radius 3 is 2.33 bits per heavy atom. The molecule has 1 spiro atoms. The molecular formula is C46H63ClN3O5+. The molecule has 2 heterocycles. The molecule has 1 aliphatic heterocycles. The molecular weight excluding hydrogens is 710 g/mol. The maximum Gasteiger partial charge on any atom is 0.311 e. The minimum Gasteiger partial charge on any atom is -0.481 e. The topological polar surface area (TPSA) is 98.1 Å². The van der Waals surface area contributed by atoms with Gasteiger partial charge in [0.1, 0.15) is 0 Å². The van der Waals surface area contributed by atoms with Crippen LogP contribution in [0.25, 0.3) is 10.5 Å². The van der Waals surface area contributed by atoms with Gasteiger partial charge in [-0.1, -0.05) is 62.2 Å². The van der Waals surface area contributed by atoms with E-state index in [0.29, 0.717) is 22.8 Å². The van der Waals surface area contributed by atoms with E-state index in [2.05, 4.69) is 52.3 Å². The Morgan fingerprint density at radius 2 is 1.69 bits per heavy atom. The minimum atomic E-state index is -1.16. The number of rotatable bonds is 9. The summed E-state index contributed by atoms with van der Waals surface area (Å²) in [7, 11) is 2.03. The number of carboxylic acids is 1. The number of aliphatic carboxylic acids is 1. The largest absolute Gasteiger partial charge is 0.481 e. The maximum absolute atomic E-state index is 13.5. The number of allylic oxidation sites excluding steroid dienone is 2. The normalized spacial score (nSPS) is 39.5. The van der Waals surface area contributed by atoms with Gasteiger partial charge in [0.25, 0.3) is 11.6 Å². The van der Waals surface area contributed by atoms with Crippen molar-refractivity contribution in [1.82, 2.24) is 9.36 Å². The second-order valence-electron chi connectivity index (χ2n) is 20.6. The molecule has 3 unspecified atom stereocenters. The number of nitrogens with zero attached hydrogens (tertiary/aromatic N) is 3. The van der Waals surface area contributed by atoms with Crippen LogP contribution >= 0.6 is 11.6 Å². The van der Waals surface area contributed by atoms with Crippen LogP contribution in [0.1, 0.15) is 132 Å². The summed E-state index contributed by atoms with van der Waals surface area (Å²) >= 11 is 6.21. The van der Waals surface area contributed by atoms with Gasteiger partial charge in [0.2, 0.25) is 5.41 Å². The molecule has 0 radical (unpaired) electrons. The van der Waals surface area contributed by atoms with Crippen molar-refractivity contribution in [2.24, 2.45) is 57.3 Å². The highest BCUT2D eigenvalue weighted by Gasteiger charge is 2.85. The number of benzene rings is 1. The highest BCUT2D eigenvalue weighted by molar-refractivity contribution is 6.30.